The van der Waals surface area contributed by atoms with Gasteiger partial charge in [-0.15, -0.1) is 11.3 Å². The molecule has 2 heterocycles. The zero-order valence-electron chi connectivity index (χ0n) is 11.5. The largest absolute Gasteiger partial charge is 0.389 e. The van der Waals surface area contributed by atoms with Crippen molar-refractivity contribution in [1.29, 1.82) is 0 Å². The molecule has 2 N–H and O–H groups in total. The van der Waals surface area contributed by atoms with Gasteiger partial charge in [0, 0.05) is 29.9 Å². The quantitative estimate of drug-likeness (QED) is 0.784. The molecule has 4 nitrogen and oxygen atoms in total. The van der Waals surface area contributed by atoms with Crippen molar-refractivity contribution in [3.8, 4) is 0 Å². The molecule has 0 spiro atoms. The van der Waals surface area contributed by atoms with Gasteiger partial charge in [0.15, 0.2) is 0 Å². The summed E-state index contributed by atoms with van der Waals surface area (Å²) in [5.74, 6) is 0. The number of hydrogen-bond donors (Lipinski definition) is 2. The van der Waals surface area contributed by atoms with E-state index in [1.54, 1.807) is 23.7 Å². The molecule has 0 saturated carbocycles. The Kier molecular flexibility index (Phi) is 6.14. The third kappa shape index (κ3) is 5.02. The van der Waals surface area contributed by atoms with Gasteiger partial charge in [0.2, 0.25) is 0 Å². The average Bonchev–Trinajstić information content (AvgIpc) is 2.99. The van der Waals surface area contributed by atoms with E-state index in [4.69, 9.17) is 4.74 Å². The maximum atomic E-state index is 9.88. The molecule has 0 radical (unpaired) electrons. The van der Waals surface area contributed by atoms with Crippen LogP contribution in [0.2, 0.25) is 0 Å². The van der Waals surface area contributed by atoms with E-state index < -0.39 is 6.10 Å². The molecule has 2 aromatic heterocycles. The Bertz CT molecular complexity index is 476. The Morgan fingerprint density at radius 2 is 2.15 bits per heavy atom. The molecule has 0 bridgehead atoms. The lowest BCUT2D eigenvalue weighted by atomic mass is 10.1. The number of nitrogens with zero attached hydrogens (tertiary/aromatic N) is 1. The van der Waals surface area contributed by atoms with E-state index in [0.29, 0.717) is 19.8 Å². The number of ether oxygens (including phenoxy) is 1. The molecule has 108 valence electrons. The molecule has 0 aliphatic carbocycles. The van der Waals surface area contributed by atoms with Crippen molar-refractivity contribution < 1.29 is 9.84 Å². The van der Waals surface area contributed by atoms with Crippen molar-refractivity contribution >= 4 is 11.3 Å². The smallest absolute Gasteiger partial charge is 0.0898 e. The number of thiophene rings is 1. The first kappa shape index (κ1) is 15.1. The van der Waals surface area contributed by atoms with Crippen molar-refractivity contribution in [1.82, 2.24) is 10.3 Å². The van der Waals surface area contributed by atoms with Crippen LogP contribution >= 0.6 is 11.3 Å². The second-order valence-electron chi connectivity index (χ2n) is 4.66. The Morgan fingerprint density at radius 1 is 1.35 bits per heavy atom. The number of aliphatic hydroxyl groups excluding tert-OH is 1. The predicted octanol–water partition coefficient (Wildman–Crippen LogP) is 2.37. The monoisotopic (exact) mass is 292 g/mol. The van der Waals surface area contributed by atoms with Gasteiger partial charge < -0.3 is 15.2 Å². The summed E-state index contributed by atoms with van der Waals surface area (Å²) in [5, 5.41) is 15.2. The van der Waals surface area contributed by atoms with Crippen molar-refractivity contribution in [2.75, 3.05) is 13.2 Å². The summed E-state index contributed by atoms with van der Waals surface area (Å²) in [6, 6.07) is 8.15. The molecular formula is C15H20N2O2S. The minimum Gasteiger partial charge on any atom is -0.389 e. The van der Waals surface area contributed by atoms with Crippen LogP contribution in [0.1, 0.15) is 23.4 Å². The second kappa shape index (κ2) is 8.11. The number of aliphatic hydroxyl groups is 1. The first-order valence-corrected chi connectivity index (χ1v) is 7.55. The zero-order chi connectivity index (χ0) is 14.2. The van der Waals surface area contributed by atoms with E-state index in [1.807, 2.05) is 29.6 Å². The summed E-state index contributed by atoms with van der Waals surface area (Å²) in [6.07, 6.45) is 3.04. The fourth-order valence-electron chi connectivity index (χ4n) is 1.83. The number of pyridine rings is 1. The van der Waals surface area contributed by atoms with Crippen molar-refractivity contribution in [2.24, 2.45) is 0 Å². The van der Waals surface area contributed by atoms with E-state index >= 15 is 0 Å². The van der Waals surface area contributed by atoms with Gasteiger partial charge in [-0.25, -0.2) is 0 Å². The van der Waals surface area contributed by atoms with Crippen molar-refractivity contribution in [3.05, 3.63) is 52.5 Å². The molecular weight excluding hydrogens is 272 g/mol. The Morgan fingerprint density at radius 3 is 2.85 bits per heavy atom. The minimum absolute atomic E-state index is 0.185. The second-order valence-corrected chi connectivity index (χ2v) is 5.69. The molecule has 5 heteroatoms. The standard InChI is InChI=1S/C15H20N2O2S/c1-12(13-4-6-16-7-5-13)17-9-14(18)10-19-11-15-3-2-8-20-15/h2-8,12,14,17-18H,9-11H2,1H3/t12-,14?/m0/s1. The van der Waals surface area contributed by atoms with Crippen LogP contribution in [0.5, 0.6) is 0 Å². The van der Waals surface area contributed by atoms with Crippen LogP contribution in [-0.2, 0) is 11.3 Å². The van der Waals surface area contributed by atoms with Crippen LogP contribution in [0.15, 0.2) is 42.0 Å². The molecule has 0 aromatic carbocycles. The average molecular weight is 292 g/mol. The molecule has 2 rings (SSSR count). The van der Waals surface area contributed by atoms with Crippen molar-refractivity contribution in [2.45, 2.75) is 25.7 Å². The Hall–Kier alpha value is -1.27. The summed E-state index contributed by atoms with van der Waals surface area (Å²) in [5.41, 5.74) is 1.16. The number of nitrogens with one attached hydrogen (secondary N) is 1. The molecule has 0 aliphatic heterocycles. The van der Waals surface area contributed by atoms with Crippen molar-refractivity contribution in [3.63, 3.8) is 0 Å². The van der Waals surface area contributed by atoms with Gasteiger partial charge in [-0.3, -0.25) is 4.98 Å². The van der Waals surface area contributed by atoms with Gasteiger partial charge in [-0.2, -0.15) is 0 Å². The number of hydrogen-bond acceptors (Lipinski definition) is 5. The van der Waals surface area contributed by atoms with Gasteiger partial charge >= 0.3 is 0 Å². The van der Waals surface area contributed by atoms with E-state index in [-0.39, 0.29) is 6.04 Å². The van der Waals surface area contributed by atoms with Gasteiger partial charge in [-0.05, 0) is 36.1 Å². The maximum Gasteiger partial charge on any atom is 0.0898 e. The summed E-state index contributed by atoms with van der Waals surface area (Å²) in [7, 11) is 0. The van der Waals surface area contributed by atoms with E-state index in [9.17, 15) is 5.11 Å². The van der Waals surface area contributed by atoms with Gasteiger partial charge in [0.1, 0.15) is 0 Å². The highest BCUT2D eigenvalue weighted by atomic mass is 32.1. The predicted molar refractivity (Wildman–Crippen MR) is 80.6 cm³/mol. The first-order valence-electron chi connectivity index (χ1n) is 6.67. The normalized spacial score (nSPS) is 14.1. The van der Waals surface area contributed by atoms with Crippen LogP contribution in [0.3, 0.4) is 0 Å². The number of aromatic nitrogens is 1. The highest BCUT2D eigenvalue weighted by Crippen LogP contribution is 2.11. The summed E-state index contributed by atoms with van der Waals surface area (Å²) >= 11 is 1.66. The molecule has 0 amide bonds. The molecule has 1 unspecified atom stereocenters. The van der Waals surface area contributed by atoms with Crippen LogP contribution in [0.25, 0.3) is 0 Å². The van der Waals surface area contributed by atoms with Gasteiger partial charge in [0.25, 0.3) is 0 Å². The summed E-state index contributed by atoms with van der Waals surface area (Å²) in [4.78, 5) is 5.17. The van der Waals surface area contributed by atoms with Crippen LogP contribution in [0, 0.1) is 0 Å². The van der Waals surface area contributed by atoms with E-state index in [1.165, 1.54) is 4.88 Å². The Balaban J connectivity index is 1.63. The van der Waals surface area contributed by atoms with Crippen LogP contribution in [-0.4, -0.2) is 29.3 Å². The molecule has 2 atom stereocenters. The first-order chi connectivity index (χ1) is 9.75. The lowest BCUT2D eigenvalue weighted by Crippen LogP contribution is -2.32. The molecule has 0 saturated heterocycles. The van der Waals surface area contributed by atoms with Crippen LogP contribution in [0.4, 0.5) is 0 Å². The molecule has 20 heavy (non-hydrogen) atoms. The molecule has 0 fully saturated rings. The summed E-state index contributed by atoms with van der Waals surface area (Å²) < 4.78 is 5.49. The molecule has 0 aliphatic rings. The van der Waals surface area contributed by atoms with Crippen LogP contribution < -0.4 is 5.32 Å². The third-order valence-corrected chi connectivity index (χ3v) is 3.85. The van der Waals surface area contributed by atoms with E-state index in [2.05, 4.69) is 17.2 Å². The Labute approximate surface area is 123 Å². The SMILES string of the molecule is C[C@H](NCC(O)COCc1cccs1)c1ccncc1. The zero-order valence-corrected chi connectivity index (χ0v) is 12.3. The topological polar surface area (TPSA) is 54.4 Å². The highest BCUT2D eigenvalue weighted by molar-refractivity contribution is 7.09. The fraction of sp³-hybridized carbons (Fsp3) is 0.400. The maximum absolute atomic E-state index is 9.88. The lowest BCUT2D eigenvalue weighted by Gasteiger charge is -2.17. The minimum atomic E-state index is -0.501. The van der Waals surface area contributed by atoms with E-state index in [0.717, 1.165) is 5.56 Å². The fourth-order valence-corrected chi connectivity index (χ4v) is 2.47. The number of rotatable bonds is 8. The molecule has 2 aromatic rings. The summed E-state index contributed by atoms with van der Waals surface area (Å²) in [6.45, 7) is 3.48. The lowest BCUT2D eigenvalue weighted by molar-refractivity contribution is 0.0288. The highest BCUT2D eigenvalue weighted by Gasteiger charge is 2.09. The third-order valence-electron chi connectivity index (χ3n) is 3.00. The van der Waals surface area contributed by atoms with Gasteiger partial charge in [-0.1, -0.05) is 6.07 Å². The van der Waals surface area contributed by atoms with Gasteiger partial charge in [0.05, 0.1) is 19.3 Å².